The van der Waals surface area contributed by atoms with Crippen LogP contribution in [0.1, 0.15) is 50.0 Å². The highest BCUT2D eigenvalue weighted by atomic mass is 32.2. The molecule has 0 aliphatic heterocycles. The molecular formula is C18H30N2O4S. The molecular weight excluding hydrogens is 340 g/mol. The largest absolute Gasteiger partial charge is 0.379 e. The molecule has 142 valence electrons. The van der Waals surface area contributed by atoms with Gasteiger partial charge in [0.2, 0.25) is 10.0 Å². The molecule has 0 bridgehead atoms. The lowest BCUT2D eigenvalue weighted by molar-refractivity contribution is 0.0757. The number of nitrogens with zero attached hydrogens (tertiary/aromatic N) is 1. The number of amides is 1. The van der Waals surface area contributed by atoms with Crippen molar-refractivity contribution in [2.75, 3.05) is 26.2 Å². The summed E-state index contributed by atoms with van der Waals surface area (Å²) in [4.78, 5) is 12.5. The van der Waals surface area contributed by atoms with Crippen molar-refractivity contribution in [2.45, 2.75) is 52.0 Å². The van der Waals surface area contributed by atoms with Crippen LogP contribution in [-0.2, 0) is 14.8 Å². The van der Waals surface area contributed by atoms with Gasteiger partial charge in [-0.15, -0.1) is 0 Å². The van der Waals surface area contributed by atoms with Crippen molar-refractivity contribution in [3.05, 3.63) is 29.3 Å². The first kappa shape index (κ1) is 21.6. The van der Waals surface area contributed by atoms with Crippen LogP contribution in [0.15, 0.2) is 23.1 Å². The second kappa shape index (κ2) is 9.89. The Labute approximate surface area is 151 Å². The van der Waals surface area contributed by atoms with E-state index in [0.717, 1.165) is 0 Å². The van der Waals surface area contributed by atoms with Crippen LogP contribution in [0.25, 0.3) is 0 Å². The van der Waals surface area contributed by atoms with Crippen LogP contribution in [0.5, 0.6) is 0 Å². The van der Waals surface area contributed by atoms with Crippen LogP contribution in [0, 0.1) is 6.92 Å². The van der Waals surface area contributed by atoms with E-state index < -0.39 is 10.0 Å². The Balaban J connectivity index is 2.85. The zero-order chi connectivity index (χ0) is 19.0. The molecule has 0 aliphatic rings. The maximum absolute atomic E-state index is 12.7. The number of hydrogen-bond acceptors (Lipinski definition) is 4. The quantitative estimate of drug-likeness (QED) is 0.642. The highest BCUT2D eigenvalue weighted by Crippen LogP contribution is 2.21. The number of aryl methyl sites for hydroxylation is 1. The first-order valence-electron chi connectivity index (χ1n) is 8.74. The molecule has 0 heterocycles. The number of carbonyl (C=O) groups is 1. The Hall–Kier alpha value is -1.44. The van der Waals surface area contributed by atoms with Crippen molar-refractivity contribution >= 4 is 15.9 Å². The van der Waals surface area contributed by atoms with Gasteiger partial charge in [-0.1, -0.05) is 19.9 Å². The minimum Gasteiger partial charge on any atom is -0.379 e. The second-order valence-corrected chi connectivity index (χ2v) is 8.00. The summed E-state index contributed by atoms with van der Waals surface area (Å²) in [7, 11) is -3.59. The highest BCUT2D eigenvalue weighted by molar-refractivity contribution is 7.89. The van der Waals surface area contributed by atoms with Gasteiger partial charge in [0.25, 0.3) is 5.91 Å². The van der Waals surface area contributed by atoms with Crippen molar-refractivity contribution in [1.29, 1.82) is 0 Å². The van der Waals surface area contributed by atoms with Crippen molar-refractivity contribution < 1.29 is 17.9 Å². The number of hydrogen-bond donors (Lipinski definition) is 1. The Kier molecular flexibility index (Phi) is 8.55. The Bertz CT molecular complexity index is 668. The van der Waals surface area contributed by atoms with Gasteiger partial charge in [0.05, 0.1) is 11.0 Å². The predicted molar refractivity (Wildman–Crippen MR) is 99.3 cm³/mol. The molecule has 1 aromatic carbocycles. The zero-order valence-electron chi connectivity index (χ0n) is 15.8. The van der Waals surface area contributed by atoms with E-state index in [0.29, 0.717) is 43.8 Å². The highest BCUT2D eigenvalue weighted by Gasteiger charge is 2.24. The van der Waals surface area contributed by atoms with Crippen molar-refractivity contribution in [1.82, 2.24) is 9.62 Å². The first-order chi connectivity index (χ1) is 11.7. The summed E-state index contributed by atoms with van der Waals surface area (Å²) in [6.45, 7) is 11.1. The summed E-state index contributed by atoms with van der Waals surface area (Å²) >= 11 is 0. The van der Waals surface area contributed by atoms with Gasteiger partial charge in [-0.3, -0.25) is 4.79 Å². The SMILES string of the molecule is CCN(CC)S(=O)(=O)c1cc(C(=O)NCCCOC(C)C)ccc1C. The van der Waals surface area contributed by atoms with Gasteiger partial charge in [-0.05, 0) is 44.9 Å². The monoisotopic (exact) mass is 370 g/mol. The molecule has 0 aromatic heterocycles. The van der Waals surface area contributed by atoms with E-state index in [9.17, 15) is 13.2 Å². The van der Waals surface area contributed by atoms with Gasteiger partial charge in [-0.25, -0.2) is 8.42 Å². The normalized spacial score (nSPS) is 12.0. The van der Waals surface area contributed by atoms with Gasteiger partial charge in [0.15, 0.2) is 0 Å². The molecule has 0 unspecified atom stereocenters. The first-order valence-corrected chi connectivity index (χ1v) is 10.2. The standard InChI is InChI=1S/C18H30N2O4S/c1-6-20(7-2)25(22,23)17-13-16(10-9-15(17)5)18(21)19-11-8-12-24-14(3)4/h9-10,13-14H,6-8,11-12H2,1-5H3,(H,19,21). The van der Waals surface area contributed by atoms with Gasteiger partial charge in [0.1, 0.15) is 0 Å². The van der Waals surface area contributed by atoms with E-state index in [-0.39, 0.29) is 16.9 Å². The lowest BCUT2D eigenvalue weighted by atomic mass is 10.1. The van der Waals surface area contributed by atoms with Crippen LogP contribution >= 0.6 is 0 Å². The maximum atomic E-state index is 12.7. The lowest BCUT2D eigenvalue weighted by Crippen LogP contribution is -2.31. The third-order valence-corrected chi connectivity index (χ3v) is 6.02. The third-order valence-electron chi connectivity index (χ3n) is 3.83. The fourth-order valence-corrected chi connectivity index (χ4v) is 4.13. The van der Waals surface area contributed by atoms with Crippen molar-refractivity contribution in [3.63, 3.8) is 0 Å². The van der Waals surface area contributed by atoms with Crippen LogP contribution in [0.4, 0.5) is 0 Å². The van der Waals surface area contributed by atoms with Gasteiger partial charge in [0, 0.05) is 31.8 Å². The second-order valence-electron chi connectivity index (χ2n) is 6.10. The molecule has 1 N–H and O–H groups in total. The number of sulfonamides is 1. The van der Waals surface area contributed by atoms with Crippen LogP contribution < -0.4 is 5.32 Å². The van der Waals surface area contributed by atoms with E-state index in [4.69, 9.17) is 4.74 Å². The summed E-state index contributed by atoms with van der Waals surface area (Å²) in [5.41, 5.74) is 0.981. The number of carbonyl (C=O) groups excluding carboxylic acids is 1. The summed E-state index contributed by atoms with van der Waals surface area (Å²) in [5, 5.41) is 2.80. The van der Waals surface area contributed by atoms with E-state index in [1.807, 2.05) is 13.8 Å². The van der Waals surface area contributed by atoms with E-state index in [1.165, 1.54) is 10.4 Å². The summed E-state index contributed by atoms with van der Waals surface area (Å²) < 4.78 is 32.3. The number of ether oxygens (including phenoxy) is 1. The predicted octanol–water partition coefficient (Wildman–Crippen LogP) is 2.57. The smallest absolute Gasteiger partial charge is 0.251 e. The van der Waals surface area contributed by atoms with Gasteiger partial charge < -0.3 is 10.1 Å². The number of benzene rings is 1. The average molecular weight is 371 g/mol. The fraction of sp³-hybridized carbons (Fsp3) is 0.611. The average Bonchev–Trinajstić information content (AvgIpc) is 2.55. The third kappa shape index (κ3) is 6.09. The molecule has 1 rings (SSSR count). The molecule has 0 saturated heterocycles. The summed E-state index contributed by atoms with van der Waals surface area (Å²) in [6, 6.07) is 4.78. The Morgan fingerprint density at radius 1 is 1.24 bits per heavy atom. The van der Waals surface area contributed by atoms with E-state index >= 15 is 0 Å². The Morgan fingerprint density at radius 3 is 2.44 bits per heavy atom. The molecule has 0 radical (unpaired) electrons. The lowest BCUT2D eigenvalue weighted by Gasteiger charge is -2.20. The van der Waals surface area contributed by atoms with Gasteiger partial charge in [-0.2, -0.15) is 4.31 Å². The maximum Gasteiger partial charge on any atom is 0.251 e. The van der Waals surface area contributed by atoms with E-state index in [2.05, 4.69) is 5.32 Å². The zero-order valence-corrected chi connectivity index (χ0v) is 16.6. The van der Waals surface area contributed by atoms with Crippen LogP contribution in [0.2, 0.25) is 0 Å². The fourth-order valence-electron chi connectivity index (χ4n) is 2.42. The molecule has 6 nitrogen and oxygen atoms in total. The number of rotatable bonds is 10. The Morgan fingerprint density at radius 2 is 1.88 bits per heavy atom. The van der Waals surface area contributed by atoms with E-state index in [1.54, 1.807) is 32.9 Å². The summed E-state index contributed by atoms with van der Waals surface area (Å²) in [5.74, 6) is -0.277. The molecule has 1 amide bonds. The van der Waals surface area contributed by atoms with Crippen molar-refractivity contribution in [2.24, 2.45) is 0 Å². The van der Waals surface area contributed by atoms with Crippen LogP contribution in [0.3, 0.4) is 0 Å². The number of nitrogens with one attached hydrogen (secondary N) is 1. The molecule has 0 spiro atoms. The summed E-state index contributed by atoms with van der Waals surface area (Å²) in [6.07, 6.45) is 0.876. The molecule has 1 aromatic rings. The molecule has 0 saturated carbocycles. The topological polar surface area (TPSA) is 75.7 Å². The molecule has 0 aliphatic carbocycles. The van der Waals surface area contributed by atoms with Crippen LogP contribution in [-0.4, -0.2) is 51.0 Å². The molecule has 0 fully saturated rings. The van der Waals surface area contributed by atoms with Crippen molar-refractivity contribution in [3.8, 4) is 0 Å². The van der Waals surface area contributed by atoms with Gasteiger partial charge >= 0.3 is 0 Å². The molecule has 7 heteroatoms. The minimum absolute atomic E-state index is 0.167. The molecule has 0 atom stereocenters. The minimum atomic E-state index is -3.59. The molecule has 25 heavy (non-hydrogen) atoms.